The smallest absolute Gasteiger partial charge is 0.254 e. The Morgan fingerprint density at radius 1 is 0.470 bits per heavy atom. The van der Waals surface area contributed by atoms with Crippen LogP contribution in [0.1, 0.15) is 174 Å². The molecule has 7 amide bonds. The number of aryl methyl sites for hydroxylation is 3. The number of carbonyl (C=O) groups excluding carboxylic acids is 7. The van der Waals surface area contributed by atoms with Crippen molar-refractivity contribution in [2.24, 2.45) is 12.8 Å². The van der Waals surface area contributed by atoms with E-state index in [0.717, 1.165) is 133 Å². The van der Waals surface area contributed by atoms with Crippen molar-refractivity contribution in [3.8, 4) is 0 Å². The van der Waals surface area contributed by atoms with Crippen LogP contribution in [0, 0.1) is 0 Å². The van der Waals surface area contributed by atoms with E-state index in [9.17, 15) is 33.6 Å². The van der Waals surface area contributed by atoms with Gasteiger partial charge in [0.2, 0.25) is 23.6 Å². The van der Waals surface area contributed by atoms with E-state index in [1.807, 2.05) is 91.0 Å². The van der Waals surface area contributed by atoms with Crippen molar-refractivity contribution < 1.29 is 33.6 Å². The van der Waals surface area contributed by atoms with Crippen molar-refractivity contribution in [3.63, 3.8) is 0 Å². The summed E-state index contributed by atoms with van der Waals surface area (Å²) < 4.78 is 5.92. The van der Waals surface area contributed by atoms with Crippen LogP contribution in [0.4, 0.5) is 20.7 Å². The summed E-state index contributed by atoms with van der Waals surface area (Å²) in [6.07, 6.45) is 15.5. The van der Waals surface area contributed by atoms with E-state index in [4.69, 9.17) is 5.73 Å². The molecule has 6 aromatic heterocycles. The molecule has 0 saturated heterocycles. The Balaban J connectivity index is 0.000000145. The zero-order chi connectivity index (χ0) is 69.7. The normalized spacial score (nSPS) is 14.2. The van der Waals surface area contributed by atoms with Gasteiger partial charge in [0, 0.05) is 65.4 Å². The molecule has 2 saturated carbocycles. The highest BCUT2D eigenvalue weighted by atomic mass is 32.2. The number of benzene rings is 3. The molecule has 29 heteroatoms. The molecule has 23 nitrogen and oxygen atoms in total. The lowest BCUT2D eigenvalue weighted by Crippen LogP contribution is -2.25. The lowest BCUT2D eigenvalue weighted by Gasteiger charge is -2.13. The van der Waals surface area contributed by atoms with Crippen LogP contribution < -0.4 is 37.6 Å². The summed E-state index contributed by atoms with van der Waals surface area (Å²) in [6.45, 7) is 6.62. The molecule has 0 radical (unpaired) electrons. The largest absolute Gasteiger partial charge is 0.365 e. The second-order valence-corrected chi connectivity index (χ2v) is 31.0. The third kappa shape index (κ3) is 18.0. The predicted molar refractivity (Wildman–Crippen MR) is 395 cm³/mol. The fraction of sp³-hybridized carbons (Fsp3) is 0.394. The molecule has 9 aromatic rings. The zero-order valence-electron chi connectivity index (χ0n) is 56.0. The minimum absolute atomic E-state index is 0.0628. The average Bonchev–Trinajstić information content (AvgIpc) is 1.65. The Bertz CT molecular complexity index is 4420. The van der Waals surface area contributed by atoms with E-state index in [1.165, 1.54) is 98.3 Å². The maximum atomic E-state index is 13.3. The van der Waals surface area contributed by atoms with Crippen molar-refractivity contribution in [2.75, 3.05) is 38.5 Å². The summed E-state index contributed by atoms with van der Waals surface area (Å²) in [5.41, 5.74) is 13.2. The van der Waals surface area contributed by atoms with Crippen LogP contribution in [0.25, 0.3) is 0 Å². The number of nitrogens with zero attached hydrogens (tertiary/aromatic N) is 9. The number of hydrogen-bond donors (Lipinski definition) is 7. The molecule has 0 unspecified atom stereocenters. The number of amides is 7. The van der Waals surface area contributed by atoms with Gasteiger partial charge in [-0.1, -0.05) is 114 Å². The van der Waals surface area contributed by atoms with Crippen molar-refractivity contribution in [3.05, 3.63) is 168 Å². The van der Waals surface area contributed by atoms with Crippen LogP contribution in [-0.4, -0.2) is 103 Å². The SMILES string of the molecule is CCn1c(SCC(=O)Nc2sc3c(c2C(=O)NCc2ccccc2)CCCC3)nnc1C1CC1.CCn1c(SCC(=O)Nc2sc3c(c2C(N)=O)CCC3)nnc1C1CC1.Cn1c(CC(=O)Nc2ccccc2)nnc1SCC(=O)Nc1sc2c(c1C(=O)NCc1ccccc1)CCCC2. The molecule has 14 rings (SSSR count). The molecular weight excluding hydrogens is 1380 g/mol. The van der Waals surface area contributed by atoms with Crippen molar-refractivity contribution >= 4 is 131 Å². The lowest BCUT2D eigenvalue weighted by molar-refractivity contribution is -0.116. The van der Waals surface area contributed by atoms with Gasteiger partial charge in [0.25, 0.3) is 17.7 Å². The summed E-state index contributed by atoms with van der Waals surface area (Å²) in [4.78, 5) is 92.5. The monoisotopic (exact) mass is 1460 g/mol. The molecule has 0 bridgehead atoms. The van der Waals surface area contributed by atoms with Gasteiger partial charge in [-0.2, -0.15) is 0 Å². The fourth-order valence-electron chi connectivity index (χ4n) is 12.3. The summed E-state index contributed by atoms with van der Waals surface area (Å²) in [5.74, 6) is 2.70. The number of anilines is 4. The van der Waals surface area contributed by atoms with Crippen LogP contribution in [0.5, 0.6) is 0 Å². The Morgan fingerprint density at radius 3 is 1.30 bits per heavy atom. The number of primary amides is 1. The van der Waals surface area contributed by atoms with E-state index >= 15 is 0 Å². The third-order valence-electron chi connectivity index (χ3n) is 17.6. The number of para-hydroxylation sites is 1. The molecule has 6 heterocycles. The number of aromatic nitrogens is 9. The molecule has 2 fully saturated rings. The number of thiophene rings is 3. The van der Waals surface area contributed by atoms with Crippen LogP contribution in [0.15, 0.2) is 106 Å². The van der Waals surface area contributed by atoms with Crippen LogP contribution in [-0.2, 0) is 97.4 Å². The number of thioether (sulfide) groups is 3. The first-order chi connectivity index (χ1) is 48.7. The maximum absolute atomic E-state index is 13.3. The minimum Gasteiger partial charge on any atom is -0.365 e. The van der Waals surface area contributed by atoms with Gasteiger partial charge in [-0.25, -0.2) is 0 Å². The first-order valence-corrected chi connectivity index (χ1v) is 39.3. The quantitative estimate of drug-likeness (QED) is 0.0248. The molecule has 8 N–H and O–H groups in total. The second kappa shape index (κ2) is 33.8. The summed E-state index contributed by atoms with van der Waals surface area (Å²) >= 11 is 8.53. The first-order valence-electron chi connectivity index (χ1n) is 33.9. The molecule has 5 aliphatic carbocycles. The number of rotatable bonds is 26. The average molecular weight is 1460 g/mol. The summed E-state index contributed by atoms with van der Waals surface area (Å²) in [6, 6.07) is 28.8. The Hall–Kier alpha value is -8.48. The number of nitrogens with one attached hydrogen (secondary N) is 6. The Morgan fingerprint density at radius 2 is 0.860 bits per heavy atom. The van der Waals surface area contributed by atoms with Crippen LogP contribution >= 0.6 is 69.3 Å². The van der Waals surface area contributed by atoms with Crippen molar-refractivity contribution in [1.29, 1.82) is 0 Å². The number of carbonyl (C=O) groups is 7. The minimum atomic E-state index is -0.466. The third-order valence-corrected chi connectivity index (χ3v) is 24.2. The zero-order valence-corrected chi connectivity index (χ0v) is 60.9. The van der Waals surface area contributed by atoms with Crippen molar-refractivity contribution in [2.45, 2.75) is 170 Å². The van der Waals surface area contributed by atoms with E-state index in [-0.39, 0.29) is 59.1 Å². The van der Waals surface area contributed by atoms with Gasteiger partial charge in [0.05, 0.1) is 40.4 Å². The Kier molecular flexibility index (Phi) is 24.1. The van der Waals surface area contributed by atoms with E-state index < -0.39 is 5.91 Å². The van der Waals surface area contributed by atoms with Gasteiger partial charge in [-0.05, 0) is 150 Å². The summed E-state index contributed by atoms with van der Waals surface area (Å²) in [7, 11) is 1.77. The number of fused-ring (bicyclic) bond motifs is 3. The predicted octanol–water partition coefficient (Wildman–Crippen LogP) is 11.9. The van der Waals surface area contributed by atoms with Crippen LogP contribution in [0.2, 0.25) is 0 Å². The summed E-state index contributed by atoms with van der Waals surface area (Å²) in [5, 5.41) is 47.2. The highest BCUT2D eigenvalue weighted by Gasteiger charge is 2.34. The van der Waals surface area contributed by atoms with Gasteiger partial charge in [0.1, 0.15) is 32.5 Å². The fourth-order valence-corrected chi connectivity index (χ4v) is 18.6. The first kappa shape index (κ1) is 71.3. The second-order valence-electron chi connectivity index (χ2n) is 24.9. The van der Waals surface area contributed by atoms with Gasteiger partial charge >= 0.3 is 0 Å². The molecule has 5 aliphatic rings. The molecule has 0 spiro atoms. The van der Waals surface area contributed by atoms with Gasteiger partial charge in [-0.15, -0.1) is 64.6 Å². The van der Waals surface area contributed by atoms with Crippen molar-refractivity contribution in [1.82, 2.24) is 54.9 Å². The highest BCUT2D eigenvalue weighted by molar-refractivity contribution is 8.00. The van der Waals surface area contributed by atoms with Crippen LogP contribution in [0.3, 0.4) is 0 Å². The molecular formula is C71H80N16O7S6. The maximum Gasteiger partial charge on any atom is 0.254 e. The molecule has 0 aliphatic heterocycles. The van der Waals surface area contributed by atoms with E-state index in [0.29, 0.717) is 73.3 Å². The van der Waals surface area contributed by atoms with E-state index in [1.54, 1.807) is 23.0 Å². The number of nitrogens with two attached hydrogens (primary N) is 1. The molecule has 522 valence electrons. The topological polar surface area (TPSA) is 310 Å². The Labute approximate surface area is 604 Å². The van der Waals surface area contributed by atoms with Gasteiger partial charge in [-0.3, -0.25) is 33.6 Å². The van der Waals surface area contributed by atoms with E-state index in [2.05, 4.69) is 85.5 Å². The molecule has 100 heavy (non-hydrogen) atoms. The lowest BCUT2D eigenvalue weighted by atomic mass is 9.95. The highest BCUT2D eigenvalue weighted by Crippen LogP contribution is 2.44. The number of hydrogen-bond acceptors (Lipinski definition) is 19. The standard InChI is InChI=1S/C29H30N6O3S2.C25H29N5O2S2.C17H21N5O2S2/c1-35-23(16-24(36)31-20-12-6-3-7-13-20)33-34-29(35)39-18-25(37)32-28-26(21-14-8-9-15-22(21)40-28)27(38)30-17-19-10-4-2-5-11-19;1-2-30-22(17-12-13-17)28-29-25(30)33-15-20(31)27-24-21(18-10-6-7-11-19(18)34-24)23(32)26-14-16-8-4-3-5-9-16;1-2-22-15(9-6-7-9)20-21-17(22)25-8-12(23)19-16-13(14(18)24)10-4-3-5-11(10)26-16/h2-7,10-13H,8-9,14-18H2,1H3,(H,30,38)(H,31,36)(H,32,37);3-5,8-9,17H,2,6-7,10-15H2,1H3,(H,26,32)(H,27,31);9H,2-8H2,1H3,(H2,18,24)(H,19,23). The van der Waals surface area contributed by atoms with Gasteiger partial charge < -0.3 is 51.3 Å². The molecule has 0 atom stereocenters. The molecule has 3 aromatic carbocycles. The van der Waals surface area contributed by atoms with Gasteiger partial charge in [0.15, 0.2) is 15.5 Å².